The van der Waals surface area contributed by atoms with Gasteiger partial charge in [0.25, 0.3) is 6.43 Å². The number of guanidine groups is 1. The molecule has 1 aliphatic heterocycles. The summed E-state index contributed by atoms with van der Waals surface area (Å²) in [6.45, 7) is 9.14. The van der Waals surface area contributed by atoms with E-state index in [1.54, 1.807) is 4.90 Å². The van der Waals surface area contributed by atoms with Gasteiger partial charge in [-0.15, -0.1) is 24.0 Å². The van der Waals surface area contributed by atoms with Crippen LogP contribution in [0.1, 0.15) is 33.6 Å². The molecular formula is C17H35F2IN4O2. The fourth-order valence-electron chi connectivity index (χ4n) is 2.66. The highest BCUT2D eigenvalue weighted by Crippen LogP contribution is 2.11. The first-order chi connectivity index (χ1) is 11.9. The molecule has 1 aliphatic rings. The quantitative estimate of drug-likeness (QED) is 0.247. The van der Waals surface area contributed by atoms with Crippen LogP contribution in [-0.4, -0.2) is 80.5 Å². The van der Waals surface area contributed by atoms with Crippen molar-refractivity contribution >= 4 is 29.9 Å². The monoisotopic (exact) mass is 492 g/mol. The summed E-state index contributed by atoms with van der Waals surface area (Å²) in [4.78, 5) is 6.20. The molecule has 0 spiro atoms. The minimum atomic E-state index is -2.28. The molecule has 156 valence electrons. The lowest BCUT2D eigenvalue weighted by Crippen LogP contribution is -2.49. The number of aliphatic imine (C=N–C) groups is 1. The molecule has 3 N–H and O–H groups in total. The topological polar surface area (TPSA) is 69.1 Å². The van der Waals surface area contributed by atoms with Crippen LogP contribution >= 0.6 is 24.0 Å². The van der Waals surface area contributed by atoms with Gasteiger partial charge in [0.1, 0.15) is 0 Å². The zero-order chi connectivity index (χ0) is 18.7. The van der Waals surface area contributed by atoms with E-state index in [9.17, 15) is 13.9 Å². The van der Waals surface area contributed by atoms with Crippen LogP contribution in [-0.2, 0) is 4.74 Å². The highest BCUT2D eigenvalue weighted by Gasteiger charge is 2.22. The summed E-state index contributed by atoms with van der Waals surface area (Å²) < 4.78 is 30.2. The number of aliphatic hydroxyl groups excluding tert-OH is 1. The summed E-state index contributed by atoms with van der Waals surface area (Å²) in [6.07, 6.45) is -1.31. The summed E-state index contributed by atoms with van der Waals surface area (Å²) in [5.74, 6) is 1.09. The Morgan fingerprint density at radius 3 is 2.46 bits per heavy atom. The van der Waals surface area contributed by atoms with E-state index in [4.69, 9.17) is 4.74 Å². The Morgan fingerprint density at radius 2 is 1.92 bits per heavy atom. The van der Waals surface area contributed by atoms with E-state index < -0.39 is 12.5 Å². The molecule has 0 aromatic carbocycles. The second-order valence-corrected chi connectivity index (χ2v) is 6.92. The normalized spacial score (nSPS) is 18.1. The number of halogens is 3. The van der Waals surface area contributed by atoms with Crippen molar-refractivity contribution in [2.45, 2.75) is 52.2 Å². The van der Waals surface area contributed by atoms with E-state index in [0.717, 1.165) is 19.4 Å². The van der Waals surface area contributed by atoms with Gasteiger partial charge in [-0.2, -0.15) is 0 Å². The summed E-state index contributed by atoms with van der Waals surface area (Å²) in [5.41, 5.74) is 0. The van der Waals surface area contributed by atoms with Crippen molar-refractivity contribution < 1.29 is 18.6 Å². The van der Waals surface area contributed by atoms with Gasteiger partial charge in [0.05, 0.1) is 25.8 Å². The zero-order valence-corrected chi connectivity index (χ0v) is 18.4. The third-order valence-corrected chi connectivity index (χ3v) is 3.89. The standard InChI is InChI=1S/C17H34F2N4O2.HI/c1-4-20-17(21-9-15(24)12-25-11-13(2)3)22-14-5-7-23(8-6-14)10-16(18)19;/h13-16,24H,4-12H2,1-3H3,(H2,20,21,22);1H. The number of aliphatic hydroxyl groups is 1. The first-order valence-corrected chi connectivity index (χ1v) is 9.21. The van der Waals surface area contributed by atoms with Crippen LogP contribution in [0.25, 0.3) is 0 Å². The minimum absolute atomic E-state index is 0. The first-order valence-electron chi connectivity index (χ1n) is 9.21. The Hall–Kier alpha value is -0.260. The van der Waals surface area contributed by atoms with E-state index in [2.05, 4.69) is 29.5 Å². The smallest absolute Gasteiger partial charge is 0.251 e. The zero-order valence-electron chi connectivity index (χ0n) is 16.1. The van der Waals surface area contributed by atoms with Crippen molar-refractivity contribution in [1.29, 1.82) is 0 Å². The van der Waals surface area contributed by atoms with Crippen molar-refractivity contribution in [2.75, 3.05) is 45.9 Å². The third kappa shape index (κ3) is 12.2. The molecule has 0 amide bonds. The molecule has 1 rings (SSSR count). The second kappa shape index (κ2) is 14.8. The van der Waals surface area contributed by atoms with Crippen molar-refractivity contribution in [2.24, 2.45) is 10.9 Å². The maximum Gasteiger partial charge on any atom is 0.251 e. The van der Waals surface area contributed by atoms with Crippen molar-refractivity contribution in [3.63, 3.8) is 0 Å². The molecule has 0 aromatic heterocycles. The van der Waals surface area contributed by atoms with E-state index in [0.29, 0.717) is 31.6 Å². The van der Waals surface area contributed by atoms with Gasteiger partial charge in [0.2, 0.25) is 0 Å². The minimum Gasteiger partial charge on any atom is -0.389 e. The maximum absolute atomic E-state index is 12.4. The number of rotatable bonds is 10. The van der Waals surface area contributed by atoms with Crippen LogP contribution in [0.4, 0.5) is 8.78 Å². The predicted molar refractivity (Wildman–Crippen MR) is 112 cm³/mol. The maximum atomic E-state index is 12.4. The van der Waals surface area contributed by atoms with Gasteiger partial charge in [-0.1, -0.05) is 13.8 Å². The molecule has 1 unspecified atom stereocenters. The average Bonchev–Trinajstić information content (AvgIpc) is 2.54. The molecule has 6 nitrogen and oxygen atoms in total. The largest absolute Gasteiger partial charge is 0.389 e. The number of ether oxygens (including phenoxy) is 1. The van der Waals surface area contributed by atoms with Crippen LogP contribution in [0.5, 0.6) is 0 Å². The van der Waals surface area contributed by atoms with Gasteiger partial charge in [-0.05, 0) is 25.7 Å². The molecule has 0 bridgehead atoms. The van der Waals surface area contributed by atoms with Gasteiger partial charge in [-0.3, -0.25) is 9.89 Å². The SMILES string of the molecule is CCNC(=NCC(O)COCC(C)C)NC1CCN(CC(F)F)CC1.I. The fourth-order valence-corrected chi connectivity index (χ4v) is 2.66. The predicted octanol–water partition coefficient (Wildman–Crippen LogP) is 1.92. The molecule has 26 heavy (non-hydrogen) atoms. The third-order valence-electron chi connectivity index (χ3n) is 3.89. The Kier molecular flexibility index (Phi) is 14.6. The molecule has 9 heteroatoms. The lowest BCUT2D eigenvalue weighted by molar-refractivity contribution is 0.0301. The van der Waals surface area contributed by atoms with Gasteiger partial charge < -0.3 is 20.5 Å². The van der Waals surface area contributed by atoms with Crippen LogP contribution in [0, 0.1) is 5.92 Å². The molecule has 0 aliphatic carbocycles. The molecule has 0 saturated carbocycles. The lowest BCUT2D eigenvalue weighted by atomic mass is 10.1. The van der Waals surface area contributed by atoms with Crippen molar-refractivity contribution in [3.05, 3.63) is 0 Å². The van der Waals surface area contributed by atoms with E-state index in [-0.39, 0.29) is 49.7 Å². The summed E-state index contributed by atoms with van der Waals surface area (Å²) in [6, 6.07) is 0.209. The molecule has 1 saturated heterocycles. The number of hydrogen-bond donors (Lipinski definition) is 3. The first kappa shape index (κ1) is 25.7. The highest BCUT2D eigenvalue weighted by atomic mass is 127. The van der Waals surface area contributed by atoms with Crippen LogP contribution in [0.15, 0.2) is 4.99 Å². The number of nitrogens with one attached hydrogen (secondary N) is 2. The van der Waals surface area contributed by atoms with Crippen LogP contribution in [0.3, 0.4) is 0 Å². The lowest BCUT2D eigenvalue weighted by Gasteiger charge is -2.32. The molecule has 0 radical (unpaired) electrons. The summed E-state index contributed by atoms with van der Waals surface area (Å²) >= 11 is 0. The molecule has 1 heterocycles. The Morgan fingerprint density at radius 1 is 1.27 bits per heavy atom. The Balaban J connectivity index is 0.00000625. The number of likely N-dealkylation sites (tertiary alicyclic amines) is 1. The van der Waals surface area contributed by atoms with Crippen molar-refractivity contribution in [1.82, 2.24) is 15.5 Å². The average molecular weight is 492 g/mol. The van der Waals surface area contributed by atoms with E-state index in [1.807, 2.05) is 6.92 Å². The molecule has 0 aromatic rings. The Labute approximate surface area is 173 Å². The molecule has 1 fully saturated rings. The number of alkyl halides is 2. The Bertz CT molecular complexity index is 382. The van der Waals surface area contributed by atoms with Gasteiger partial charge >= 0.3 is 0 Å². The molecular weight excluding hydrogens is 457 g/mol. The van der Waals surface area contributed by atoms with E-state index in [1.165, 1.54) is 0 Å². The van der Waals surface area contributed by atoms with Crippen LogP contribution in [0.2, 0.25) is 0 Å². The summed E-state index contributed by atoms with van der Waals surface area (Å²) in [7, 11) is 0. The second-order valence-electron chi connectivity index (χ2n) is 6.92. The van der Waals surface area contributed by atoms with E-state index >= 15 is 0 Å². The highest BCUT2D eigenvalue weighted by molar-refractivity contribution is 14.0. The van der Waals surface area contributed by atoms with Gasteiger partial charge in [0.15, 0.2) is 5.96 Å². The van der Waals surface area contributed by atoms with Crippen LogP contribution < -0.4 is 10.6 Å². The van der Waals surface area contributed by atoms with Crippen molar-refractivity contribution in [3.8, 4) is 0 Å². The number of nitrogens with zero attached hydrogens (tertiary/aromatic N) is 2. The summed E-state index contributed by atoms with van der Waals surface area (Å²) in [5, 5.41) is 16.4. The van der Waals surface area contributed by atoms with Gasteiger partial charge in [-0.25, -0.2) is 8.78 Å². The van der Waals surface area contributed by atoms with Gasteiger partial charge in [0, 0.05) is 32.3 Å². The number of hydrogen-bond acceptors (Lipinski definition) is 4. The fraction of sp³-hybridized carbons (Fsp3) is 0.941. The number of piperidine rings is 1. The molecule has 1 atom stereocenters.